The topological polar surface area (TPSA) is 46.6 Å². The minimum Gasteiger partial charge on any atom is -0.375 e. The van der Waals surface area contributed by atoms with Crippen molar-refractivity contribution in [2.75, 3.05) is 13.2 Å². The van der Waals surface area contributed by atoms with Crippen LogP contribution in [-0.4, -0.2) is 38.0 Å². The van der Waals surface area contributed by atoms with E-state index < -0.39 is 10.0 Å². The van der Waals surface area contributed by atoms with E-state index in [1.807, 2.05) is 0 Å². The average Bonchev–Trinajstić information content (AvgIpc) is 2.96. The number of halogens is 2. The summed E-state index contributed by atoms with van der Waals surface area (Å²) in [5.74, 6) is 0. The number of morpholine rings is 1. The number of fused-ring (bicyclic) bond motifs is 1. The maximum Gasteiger partial charge on any atom is 0.253 e. The van der Waals surface area contributed by atoms with E-state index in [4.69, 9.17) is 16.3 Å². The molecule has 4 nitrogen and oxygen atoms in total. The summed E-state index contributed by atoms with van der Waals surface area (Å²) in [7, 11) is -3.46. The van der Waals surface area contributed by atoms with Crippen molar-refractivity contribution in [1.29, 1.82) is 0 Å². The van der Waals surface area contributed by atoms with Gasteiger partial charge in [-0.15, -0.1) is 11.3 Å². The van der Waals surface area contributed by atoms with Crippen LogP contribution in [0.3, 0.4) is 0 Å². The predicted molar refractivity (Wildman–Crippen MR) is 78.3 cm³/mol. The Morgan fingerprint density at radius 1 is 1.47 bits per heavy atom. The van der Waals surface area contributed by atoms with Crippen molar-refractivity contribution >= 4 is 48.9 Å². The first kappa shape index (κ1) is 14.3. The number of nitrogens with zero attached hydrogens (tertiary/aromatic N) is 1. The van der Waals surface area contributed by atoms with Gasteiger partial charge in [0.15, 0.2) is 0 Å². The standard InChI is InChI=1S/C11H13BrClNO3S2/c12-11-7(13)6-10(18-11)19(15,16)14-4-5-17-9-3-1-2-8(9)14/h6,8-9H,1-5H2. The quantitative estimate of drug-likeness (QED) is 0.784. The van der Waals surface area contributed by atoms with Crippen LogP contribution in [0, 0.1) is 0 Å². The van der Waals surface area contributed by atoms with Crippen LogP contribution in [-0.2, 0) is 14.8 Å². The van der Waals surface area contributed by atoms with Crippen LogP contribution in [0.5, 0.6) is 0 Å². The molecule has 0 bridgehead atoms. The Hall–Kier alpha value is 0.340. The molecule has 19 heavy (non-hydrogen) atoms. The molecule has 1 saturated heterocycles. The summed E-state index contributed by atoms with van der Waals surface area (Å²) in [4.78, 5) is 0. The third-order valence-electron chi connectivity index (χ3n) is 3.62. The lowest BCUT2D eigenvalue weighted by Gasteiger charge is -2.36. The number of ether oxygens (including phenoxy) is 1. The summed E-state index contributed by atoms with van der Waals surface area (Å²) >= 11 is 10.4. The molecule has 1 aromatic rings. The second kappa shape index (κ2) is 5.27. The van der Waals surface area contributed by atoms with Crippen LogP contribution in [0.25, 0.3) is 0 Å². The van der Waals surface area contributed by atoms with Crippen LogP contribution in [0.4, 0.5) is 0 Å². The molecule has 0 aromatic carbocycles. The zero-order valence-corrected chi connectivity index (χ0v) is 14.0. The Labute approximate surface area is 129 Å². The van der Waals surface area contributed by atoms with Gasteiger partial charge in [0, 0.05) is 6.54 Å². The van der Waals surface area contributed by atoms with E-state index in [9.17, 15) is 8.42 Å². The zero-order chi connectivity index (χ0) is 13.6. The summed E-state index contributed by atoms with van der Waals surface area (Å²) in [6, 6.07) is 1.50. The molecule has 0 N–H and O–H groups in total. The number of hydrogen-bond donors (Lipinski definition) is 0. The average molecular weight is 387 g/mol. The minimum atomic E-state index is -3.46. The molecule has 106 valence electrons. The summed E-state index contributed by atoms with van der Waals surface area (Å²) in [5.41, 5.74) is 0. The van der Waals surface area contributed by atoms with Crippen molar-refractivity contribution in [3.8, 4) is 0 Å². The lowest BCUT2D eigenvalue weighted by molar-refractivity contribution is -0.0241. The van der Waals surface area contributed by atoms with E-state index in [1.54, 1.807) is 4.31 Å². The van der Waals surface area contributed by atoms with Crippen molar-refractivity contribution < 1.29 is 13.2 Å². The molecule has 0 spiro atoms. The van der Waals surface area contributed by atoms with E-state index in [-0.39, 0.29) is 12.1 Å². The fourth-order valence-electron chi connectivity index (χ4n) is 2.76. The van der Waals surface area contributed by atoms with Gasteiger partial charge in [0.25, 0.3) is 10.0 Å². The summed E-state index contributed by atoms with van der Waals surface area (Å²) in [6.45, 7) is 0.900. The summed E-state index contributed by atoms with van der Waals surface area (Å²) < 4.78 is 33.6. The molecular formula is C11H13BrClNO3S2. The second-order valence-electron chi connectivity index (χ2n) is 4.71. The van der Waals surface area contributed by atoms with Crippen molar-refractivity contribution in [2.24, 2.45) is 0 Å². The molecular weight excluding hydrogens is 374 g/mol. The molecule has 1 aliphatic heterocycles. The Kier molecular flexibility index (Phi) is 3.96. The van der Waals surface area contributed by atoms with E-state index in [1.165, 1.54) is 6.07 Å². The van der Waals surface area contributed by atoms with Gasteiger partial charge >= 0.3 is 0 Å². The Morgan fingerprint density at radius 3 is 2.95 bits per heavy atom. The van der Waals surface area contributed by atoms with Crippen LogP contribution in [0.1, 0.15) is 19.3 Å². The number of hydrogen-bond acceptors (Lipinski definition) is 4. The van der Waals surface area contributed by atoms with Gasteiger partial charge < -0.3 is 4.74 Å². The lowest BCUT2D eigenvalue weighted by atomic mass is 10.2. The van der Waals surface area contributed by atoms with Crippen LogP contribution < -0.4 is 0 Å². The fraction of sp³-hybridized carbons (Fsp3) is 0.636. The van der Waals surface area contributed by atoms with Crippen molar-refractivity contribution in [3.63, 3.8) is 0 Å². The molecule has 2 fully saturated rings. The van der Waals surface area contributed by atoms with Gasteiger partial charge in [-0.05, 0) is 41.3 Å². The first-order chi connectivity index (χ1) is 9.00. The highest BCUT2D eigenvalue weighted by molar-refractivity contribution is 9.11. The molecule has 1 aliphatic carbocycles. The molecule has 2 aliphatic rings. The SMILES string of the molecule is O=S(=O)(c1cc(Cl)c(Br)s1)N1CCOC2CCCC21. The van der Waals surface area contributed by atoms with E-state index in [0.29, 0.717) is 26.2 Å². The third kappa shape index (κ3) is 2.49. The van der Waals surface area contributed by atoms with Gasteiger partial charge in [-0.25, -0.2) is 8.42 Å². The summed E-state index contributed by atoms with van der Waals surface area (Å²) in [5, 5.41) is 0.444. The normalized spacial score (nSPS) is 28.5. The zero-order valence-electron chi connectivity index (χ0n) is 10.0. The molecule has 2 atom stereocenters. The van der Waals surface area contributed by atoms with Gasteiger partial charge in [-0.2, -0.15) is 4.31 Å². The molecule has 3 rings (SSSR count). The highest BCUT2D eigenvalue weighted by atomic mass is 79.9. The molecule has 8 heteroatoms. The van der Waals surface area contributed by atoms with Gasteiger partial charge in [0.2, 0.25) is 0 Å². The largest absolute Gasteiger partial charge is 0.375 e. The Morgan fingerprint density at radius 2 is 2.26 bits per heavy atom. The molecule has 2 unspecified atom stereocenters. The van der Waals surface area contributed by atoms with Crippen LogP contribution in [0.2, 0.25) is 5.02 Å². The number of rotatable bonds is 2. The highest BCUT2D eigenvalue weighted by Crippen LogP contribution is 2.39. The second-order valence-corrected chi connectivity index (χ2v) is 9.61. The third-order valence-corrected chi connectivity index (χ3v) is 8.47. The Balaban J connectivity index is 1.95. The number of sulfonamides is 1. The van der Waals surface area contributed by atoms with Crippen molar-refractivity contribution in [2.45, 2.75) is 35.6 Å². The van der Waals surface area contributed by atoms with Crippen molar-refractivity contribution in [3.05, 3.63) is 14.9 Å². The van der Waals surface area contributed by atoms with Crippen molar-refractivity contribution in [1.82, 2.24) is 4.31 Å². The van der Waals surface area contributed by atoms with Gasteiger partial charge in [0.05, 0.1) is 27.6 Å². The highest BCUT2D eigenvalue weighted by Gasteiger charge is 2.42. The molecule has 1 saturated carbocycles. The minimum absolute atomic E-state index is 0.0154. The van der Waals surface area contributed by atoms with E-state index >= 15 is 0 Å². The molecule has 0 radical (unpaired) electrons. The Bertz CT molecular complexity index is 569. The molecule has 2 heterocycles. The fourth-order valence-corrected chi connectivity index (χ4v) is 6.95. The maximum absolute atomic E-state index is 12.7. The van der Waals surface area contributed by atoms with Gasteiger partial charge in [-0.3, -0.25) is 0 Å². The smallest absolute Gasteiger partial charge is 0.253 e. The van der Waals surface area contributed by atoms with Crippen LogP contribution in [0.15, 0.2) is 14.1 Å². The summed E-state index contributed by atoms with van der Waals surface area (Å²) in [6.07, 6.45) is 2.91. The predicted octanol–water partition coefficient (Wildman–Crippen LogP) is 3.11. The first-order valence-corrected chi connectivity index (χ1v) is 9.51. The van der Waals surface area contributed by atoms with E-state index in [0.717, 1.165) is 30.6 Å². The van der Waals surface area contributed by atoms with E-state index in [2.05, 4.69) is 15.9 Å². The monoisotopic (exact) mass is 385 g/mol. The maximum atomic E-state index is 12.7. The van der Waals surface area contributed by atoms with Gasteiger partial charge in [0.1, 0.15) is 4.21 Å². The van der Waals surface area contributed by atoms with Crippen LogP contribution >= 0.6 is 38.9 Å². The number of thiophene rings is 1. The van der Waals surface area contributed by atoms with Gasteiger partial charge in [-0.1, -0.05) is 11.6 Å². The lowest BCUT2D eigenvalue weighted by Crippen LogP contribution is -2.50. The first-order valence-electron chi connectivity index (χ1n) is 6.08. The molecule has 0 amide bonds. The molecule has 1 aromatic heterocycles.